The highest BCUT2D eigenvalue weighted by atomic mass is 35.5. The maximum atomic E-state index is 13.7. The van der Waals surface area contributed by atoms with E-state index in [1.807, 2.05) is 31.2 Å². The topological polar surface area (TPSA) is 30.2 Å². The summed E-state index contributed by atoms with van der Waals surface area (Å²) in [5.41, 5.74) is 1.89. The van der Waals surface area contributed by atoms with Crippen LogP contribution in [0.2, 0.25) is 10.0 Å². The number of aryl methyl sites for hydroxylation is 1. The van der Waals surface area contributed by atoms with Crippen molar-refractivity contribution in [3.63, 3.8) is 0 Å². The molecule has 142 valence electrons. The molecule has 2 aromatic heterocycles. The smallest absolute Gasteiger partial charge is 0.228 e. The van der Waals surface area contributed by atoms with Gasteiger partial charge in [-0.3, -0.25) is 0 Å². The highest BCUT2D eigenvalue weighted by Gasteiger charge is 2.35. The van der Waals surface area contributed by atoms with Gasteiger partial charge < -0.3 is 0 Å². The molecule has 0 fully saturated rings. The number of nitrogens with zero attached hydrogens (tertiary/aromatic N) is 3. The Morgan fingerprint density at radius 3 is 2.14 bits per heavy atom. The van der Waals surface area contributed by atoms with Crippen LogP contribution in [0.25, 0.3) is 28.2 Å². The van der Waals surface area contributed by atoms with E-state index in [0.717, 1.165) is 16.1 Å². The molecule has 0 aliphatic rings. The monoisotopic (exact) mass is 421 g/mol. The fraction of sp³-hybridized carbons (Fsp3) is 0.100. The van der Waals surface area contributed by atoms with E-state index in [2.05, 4.69) is 10.1 Å². The van der Waals surface area contributed by atoms with Crippen LogP contribution >= 0.6 is 23.2 Å². The van der Waals surface area contributed by atoms with Crippen molar-refractivity contribution in [1.29, 1.82) is 0 Å². The van der Waals surface area contributed by atoms with Crippen molar-refractivity contribution >= 4 is 28.8 Å². The Kier molecular flexibility index (Phi) is 4.56. The Balaban J connectivity index is 1.93. The fourth-order valence-corrected chi connectivity index (χ4v) is 3.14. The Labute approximate surface area is 168 Å². The fourth-order valence-electron chi connectivity index (χ4n) is 2.85. The van der Waals surface area contributed by atoms with Gasteiger partial charge in [0.2, 0.25) is 0 Å². The number of halogens is 5. The van der Waals surface area contributed by atoms with Gasteiger partial charge in [0, 0.05) is 17.2 Å². The molecule has 2 heterocycles. The molecule has 0 N–H and O–H groups in total. The second kappa shape index (κ2) is 6.79. The van der Waals surface area contributed by atoms with Crippen molar-refractivity contribution in [1.82, 2.24) is 14.6 Å². The van der Waals surface area contributed by atoms with Gasteiger partial charge >= 0.3 is 6.18 Å². The minimum absolute atomic E-state index is 0.0893. The summed E-state index contributed by atoms with van der Waals surface area (Å²) in [5, 5.41) is 4.69. The molecular weight excluding hydrogens is 410 g/mol. The molecule has 0 amide bonds. The van der Waals surface area contributed by atoms with E-state index in [-0.39, 0.29) is 16.4 Å². The molecule has 3 nitrogen and oxygen atoms in total. The van der Waals surface area contributed by atoms with Gasteiger partial charge in [-0.1, -0.05) is 59.1 Å². The number of rotatable bonds is 2. The van der Waals surface area contributed by atoms with E-state index in [1.54, 1.807) is 6.07 Å². The van der Waals surface area contributed by atoms with Gasteiger partial charge in [0.05, 0.1) is 21.4 Å². The predicted molar refractivity (Wildman–Crippen MR) is 104 cm³/mol. The van der Waals surface area contributed by atoms with Gasteiger partial charge in [-0.15, -0.1) is 0 Å². The average molecular weight is 422 g/mol. The lowest BCUT2D eigenvalue weighted by atomic mass is 10.1. The van der Waals surface area contributed by atoms with Crippen LogP contribution < -0.4 is 0 Å². The highest BCUT2D eigenvalue weighted by Crippen LogP contribution is 2.34. The van der Waals surface area contributed by atoms with E-state index in [4.69, 9.17) is 23.2 Å². The lowest BCUT2D eigenvalue weighted by Crippen LogP contribution is -2.13. The van der Waals surface area contributed by atoms with Crippen molar-refractivity contribution in [2.75, 3.05) is 0 Å². The van der Waals surface area contributed by atoms with E-state index in [1.165, 1.54) is 18.2 Å². The van der Waals surface area contributed by atoms with Gasteiger partial charge in [-0.25, -0.2) is 9.50 Å². The second-order valence-electron chi connectivity index (χ2n) is 6.32. The predicted octanol–water partition coefficient (Wildman–Crippen LogP) is 6.70. The minimum Gasteiger partial charge on any atom is -0.228 e. The first-order valence-corrected chi connectivity index (χ1v) is 8.98. The van der Waals surface area contributed by atoms with Crippen LogP contribution in [0, 0.1) is 6.92 Å². The molecule has 4 aromatic rings. The van der Waals surface area contributed by atoms with E-state index in [9.17, 15) is 13.2 Å². The van der Waals surface area contributed by atoms with Crippen molar-refractivity contribution in [2.24, 2.45) is 0 Å². The van der Waals surface area contributed by atoms with Crippen LogP contribution in [0.3, 0.4) is 0 Å². The van der Waals surface area contributed by atoms with Crippen LogP contribution in [0.5, 0.6) is 0 Å². The van der Waals surface area contributed by atoms with Crippen LogP contribution in [0.1, 0.15) is 11.3 Å². The number of fused-ring (bicyclic) bond motifs is 1. The first kappa shape index (κ1) is 18.8. The van der Waals surface area contributed by atoms with Gasteiger partial charge in [-0.05, 0) is 25.1 Å². The molecule has 0 radical (unpaired) electrons. The minimum atomic E-state index is -4.61. The van der Waals surface area contributed by atoms with E-state index >= 15 is 0 Å². The third kappa shape index (κ3) is 3.45. The van der Waals surface area contributed by atoms with E-state index in [0.29, 0.717) is 21.8 Å². The lowest BCUT2D eigenvalue weighted by Gasteiger charge is -2.11. The Hall–Kier alpha value is -2.57. The van der Waals surface area contributed by atoms with Crippen molar-refractivity contribution in [2.45, 2.75) is 13.1 Å². The van der Waals surface area contributed by atoms with Gasteiger partial charge in [0.1, 0.15) is 0 Å². The van der Waals surface area contributed by atoms with Crippen LogP contribution in [-0.2, 0) is 6.18 Å². The maximum absolute atomic E-state index is 13.7. The molecule has 28 heavy (non-hydrogen) atoms. The van der Waals surface area contributed by atoms with Crippen LogP contribution in [0.4, 0.5) is 13.2 Å². The molecule has 0 spiro atoms. The summed E-state index contributed by atoms with van der Waals surface area (Å²) in [7, 11) is 0. The summed E-state index contributed by atoms with van der Waals surface area (Å²) in [5.74, 6) is 0. The molecule has 0 saturated heterocycles. The number of aromatic nitrogens is 3. The largest absolute Gasteiger partial charge is 0.433 e. The molecule has 8 heteroatoms. The SMILES string of the molecule is Cc1ccc(-c2cc3nc(-c4ccc(Cl)c(Cl)c4)cc(C(F)(F)F)n3n2)cc1. The molecule has 0 saturated carbocycles. The molecule has 0 bridgehead atoms. The molecule has 0 aliphatic carbocycles. The summed E-state index contributed by atoms with van der Waals surface area (Å²) in [6.45, 7) is 1.93. The lowest BCUT2D eigenvalue weighted by molar-refractivity contribution is -0.142. The van der Waals surface area contributed by atoms with Gasteiger partial charge in [0.15, 0.2) is 11.3 Å². The number of benzene rings is 2. The summed E-state index contributed by atoms with van der Waals surface area (Å²) in [6, 6.07) is 14.4. The standard InChI is InChI=1S/C20H12Cl2F3N3/c1-11-2-4-12(5-3-11)17-10-19-26-16(13-6-7-14(21)15(22)8-13)9-18(20(23,24)25)28(19)27-17/h2-10H,1H3. The molecule has 4 rings (SSSR count). The zero-order valence-corrected chi connectivity index (χ0v) is 15.9. The van der Waals surface area contributed by atoms with Crippen molar-refractivity contribution < 1.29 is 13.2 Å². The summed E-state index contributed by atoms with van der Waals surface area (Å²) in [6.07, 6.45) is -4.61. The Bertz CT molecular complexity index is 1180. The number of hydrogen-bond donors (Lipinski definition) is 0. The van der Waals surface area contributed by atoms with Crippen LogP contribution in [0.15, 0.2) is 54.6 Å². The second-order valence-corrected chi connectivity index (χ2v) is 7.13. The van der Waals surface area contributed by atoms with Crippen molar-refractivity contribution in [3.8, 4) is 22.5 Å². The van der Waals surface area contributed by atoms with Crippen molar-refractivity contribution in [3.05, 3.63) is 75.9 Å². The Morgan fingerprint density at radius 1 is 0.821 bits per heavy atom. The molecule has 0 unspecified atom stereocenters. The third-order valence-corrected chi connectivity index (χ3v) is 5.02. The summed E-state index contributed by atoms with van der Waals surface area (Å²) in [4.78, 5) is 4.35. The number of alkyl halides is 3. The molecule has 2 aromatic carbocycles. The summed E-state index contributed by atoms with van der Waals surface area (Å²) >= 11 is 11.9. The first-order valence-electron chi connectivity index (χ1n) is 8.23. The van der Waals surface area contributed by atoms with Gasteiger partial charge in [0.25, 0.3) is 0 Å². The zero-order valence-electron chi connectivity index (χ0n) is 14.4. The van der Waals surface area contributed by atoms with Gasteiger partial charge in [-0.2, -0.15) is 18.3 Å². The number of hydrogen-bond acceptors (Lipinski definition) is 2. The third-order valence-electron chi connectivity index (χ3n) is 4.28. The normalized spacial score (nSPS) is 11.9. The molecule has 0 atom stereocenters. The van der Waals surface area contributed by atoms with Crippen LogP contribution in [-0.4, -0.2) is 14.6 Å². The molecule has 0 aliphatic heterocycles. The average Bonchev–Trinajstić information content (AvgIpc) is 3.07. The van der Waals surface area contributed by atoms with E-state index < -0.39 is 11.9 Å². The molecular formula is C20H12Cl2F3N3. The maximum Gasteiger partial charge on any atom is 0.433 e. The first-order chi connectivity index (χ1) is 13.2. The Morgan fingerprint density at radius 2 is 1.50 bits per heavy atom. The highest BCUT2D eigenvalue weighted by molar-refractivity contribution is 6.42. The summed E-state index contributed by atoms with van der Waals surface area (Å²) < 4.78 is 41.9. The zero-order chi connectivity index (χ0) is 20.1. The quantitative estimate of drug-likeness (QED) is 0.360.